The fourth-order valence-electron chi connectivity index (χ4n) is 2.47. The highest BCUT2D eigenvalue weighted by molar-refractivity contribution is 4.71. The van der Waals surface area contributed by atoms with Crippen molar-refractivity contribution in [1.29, 1.82) is 0 Å². The minimum Gasteiger partial charge on any atom is -0.383 e. The molecule has 0 unspecified atom stereocenters. The normalized spacial score (nSPS) is 14.8. The Morgan fingerprint density at radius 1 is 0.679 bits per heavy atom. The third-order valence-corrected chi connectivity index (χ3v) is 3.76. The van der Waals surface area contributed by atoms with Gasteiger partial charge in [0.05, 0.1) is 6.61 Å². The number of unbranched alkanes of at least 4 members (excludes halogenated alkanes) is 1. The van der Waals surface area contributed by atoms with Crippen molar-refractivity contribution in [3.8, 4) is 0 Å². The fraction of sp³-hybridized carbons (Fsp3) is 1.00. The number of alkyl halides is 2. The summed E-state index contributed by atoms with van der Waals surface area (Å²) in [6.07, 6.45) is 1.79. The van der Waals surface area contributed by atoms with Crippen molar-refractivity contribution in [3.05, 3.63) is 0 Å². The summed E-state index contributed by atoms with van der Waals surface area (Å²) in [5, 5.41) is 0. The van der Waals surface area contributed by atoms with Crippen molar-refractivity contribution in [2.75, 3.05) is 79.9 Å². The van der Waals surface area contributed by atoms with Gasteiger partial charge in [-0.15, -0.1) is 0 Å². The molecule has 28 heavy (non-hydrogen) atoms. The second kappa shape index (κ2) is 24.7. The number of nitrogens with zero attached hydrogens (tertiary/aromatic N) is 2. The highest BCUT2D eigenvalue weighted by Gasteiger charge is 2.28. The zero-order valence-corrected chi connectivity index (χ0v) is 19.9. The third-order valence-electron chi connectivity index (χ3n) is 3.76. The Morgan fingerprint density at radius 3 is 1.64 bits per heavy atom. The first kappa shape index (κ1) is 32.3. The Morgan fingerprint density at radius 2 is 1.18 bits per heavy atom. The molecule has 0 aromatic carbocycles. The molecule has 0 saturated carbocycles. The van der Waals surface area contributed by atoms with Crippen LogP contribution in [0.4, 0.5) is 8.78 Å². The van der Waals surface area contributed by atoms with Crippen molar-refractivity contribution in [2.24, 2.45) is 0 Å². The number of hydrogen-bond donors (Lipinski definition) is 0. The molecule has 0 aromatic rings. The van der Waals surface area contributed by atoms with Crippen LogP contribution >= 0.6 is 0 Å². The SMILES string of the molecule is CC.CC.CC.COCCN1CCN(CCCCOCC(F)(F)COC)CC1. The van der Waals surface area contributed by atoms with Gasteiger partial charge in [0.2, 0.25) is 0 Å². The smallest absolute Gasteiger partial charge is 0.293 e. The summed E-state index contributed by atoms with van der Waals surface area (Å²) in [4.78, 5) is 4.82. The maximum Gasteiger partial charge on any atom is 0.293 e. The van der Waals surface area contributed by atoms with Gasteiger partial charge in [0.15, 0.2) is 0 Å². The van der Waals surface area contributed by atoms with Gasteiger partial charge in [-0.2, -0.15) is 0 Å². The van der Waals surface area contributed by atoms with E-state index in [9.17, 15) is 8.78 Å². The van der Waals surface area contributed by atoms with Gasteiger partial charge < -0.3 is 19.1 Å². The Hall–Kier alpha value is -0.340. The molecule has 1 rings (SSSR count). The Labute approximate surface area is 173 Å². The molecule has 0 spiro atoms. The van der Waals surface area contributed by atoms with Crippen LogP contribution in [0.15, 0.2) is 0 Å². The van der Waals surface area contributed by atoms with Crippen LogP contribution in [-0.2, 0) is 14.2 Å². The maximum atomic E-state index is 13.1. The van der Waals surface area contributed by atoms with Gasteiger partial charge in [-0.1, -0.05) is 41.5 Å². The van der Waals surface area contributed by atoms with E-state index >= 15 is 0 Å². The molecule has 0 aromatic heterocycles. The zero-order valence-electron chi connectivity index (χ0n) is 19.9. The third kappa shape index (κ3) is 20.4. The van der Waals surface area contributed by atoms with E-state index in [1.54, 1.807) is 7.11 Å². The number of ether oxygens (including phenoxy) is 3. The van der Waals surface area contributed by atoms with Gasteiger partial charge in [0, 0.05) is 53.6 Å². The van der Waals surface area contributed by atoms with Crippen LogP contribution < -0.4 is 0 Å². The van der Waals surface area contributed by atoms with Crippen molar-refractivity contribution < 1.29 is 23.0 Å². The number of rotatable bonds is 12. The summed E-state index contributed by atoms with van der Waals surface area (Å²) < 4.78 is 40.7. The molecule has 1 aliphatic heterocycles. The minimum absolute atomic E-state index is 0.382. The molecule has 0 bridgehead atoms. The molecular formula is C21H48F2N2O3. The van der Waals surface area contributed by atoms with Crippen LogP contribution in [0.1, 0.15) is 54.4 Å². The quantitative estimate of drug-likeness (QED) is 0.442. The Kier molecular flexibility index (Phi) is 28.5. The highest BCUT2D eigenvalue weighted by atomic mass is 19.3. The van der Waals surface area contributed by atoms with Crippen LogP contribution in [0.2, 0.25) is 0 Å². The van der Waals surface area contributed by atoms with E-state index < -0.39 is 19.1 Å². The van der Waals surface area contributed by atoms with Crippen molar-refractivity contribution in [3.63, 3.8) is 0 Å². The topological polar surface area (TPSA) is 34.2 Å². The van der Waals surface area contributed by atoms with Crippen molar-refractivity contribution >= 4 is 0 Å². The van der Waals surface area contributed by atoms with Crippen molar-refractivity contribution in [1.82, 2.24) is 9.80 Å². The average molecular weight is 415 g/mol. The molecule has 1 heterocycles. The van der Waals surface area contributed by atoms with E-state index in [1.165, 1.54) is 7.11 Å². The number of piperazine rings is 1. The van der Waals surface area contributed by atoms with E-state index in [1.807, 2.05) is 41.5 Å². The summed E-state index contributed by atoms with van der Waals surface area (Å²) in [7, 11) is 2.99. The molecule has 0 aliphatic carbocycles. The molecule has 1 saturated heterocycles. The van der Waals surface area contributed by atoms with Crippen LogP contribution in [0, 0.1) is 0 Å². The number of methoxy groups -OCH3 is 2. The first-order chi connectivity index (χ1) is 13.6. The summed E-state index contributed by atoms with van der Waals surface area (Å²) in [6, 6.07) is 0. The highest BCUT2D eigenvalue weighted by Crippen LogP contribution is 2.14. The molecule has 0 atom stereocenters. The van der Waals surface area contributed by atoms with E-state index in [2.05, 4.69) is 14.5 Å². The van der Waals surface area contributed by atoms with Crippen LogP contribution in [0.25, 0.3) is 0 Å². The average Bonchev–Trinajstić information content (AvgIpc) is 2.74. The summed E-state index contributed by atoms with van der Waals surface area (Å²) >= 11 is 0. The fourth-order valence-corrected chi connectivity index (χ4v) is 2.47. The van der Waals surface area contributed by atoms with E-state index in [-0.39, 0.29) is 0 Å². The molecule has 7 heteroatoms. The molecule has 0 radical (unpaired) electrons. The lowest BCUT2D eigenvalue weighted by Crippen LogP contribution is -2.47. The van der Waals surface area contributed by atoms with Crippen LogP contribution in [0.5, 0.6) is 0 Å². The molecule has 5 nitrogen and oxygen atoms in total. The number of hydrogen-bond acceptors (Lipinski definition) is 5. The summed E-state index contributed by atoms with van der Waals surface area (Å²) in [5.74, 6) is -2.88. The largest absolute Gasteiger partial charge is 0.383 e. The van der Waals surface area contributed by atoms with Gasteiger partial charge in [-0.3, -0.25) is 4.90 Å². The molecular weight excluding hydrogens is 366 g/mol. The molecule has 1 fully saturated rings. The molecule has 174 valence electrons. The standard InChI is InChI=1S/C15H30F2N2O3.3C2H6/c1-20-12-10-19-8-6-18(7-9-19)5-3-4-11-22-14-15(16,17)13-21-2;3*1-2/h3-14H2,1-2H3;3*1-2H3. The van der Waals surface area contributed by atoms with Crippen LogP contribution in [0.3, 0.4) is 0 Å². The Bertz CT molecular complexity index is 278. The van der Waals surface area contributed by atoms with E-state index in [0.717, 1.165) is 58.7 Å². The van der Waals surface area contributed by atoms with Gasteiger partial charge >= 0.3 is 0 Å². The lowest BCUT2D eigenvalue weighted by atomic mass is 10.2. The summed E-state index contributed by atoms with van der Waals surface area (Å²) in [5.41, 5.74) is 0. The Balaban J connectivity index is -0.000000946. The van der Waals surface area contributed by atoms with E-state index in [4.69, 9.17) is 9.47 Å². The number of halogens is 2. The van der Waals surface area contributed by atoms with Crippen molar-refractivity contribution in [2.45, 2.75) is 60.3 Å². The first-order valence-corrected chi connectivity index (χ1v) is 11.0. The molecule has 0 N–H and O–H groups in total. The van der Waals surface area contributed by atoms with Gasteiger partial charge in [-0.05, 0) is 19.4 Å². The van der Waals surface area contributed by atoms with Gasteiger partial charge in [0.25, 0.3) is 5.92 Å². The first-order valence-electron chi connectivity index (χ1n) is 11.0. The minimum atomic E-state index is -2.88. The lowest BCUT2D eigenvalue weighted by molar-refractivity contribution is -0.116. The van der Waals surface area contributed by atoms with Gasteiger partial charge in [0.1, 0.15) is 13.2 Å². The predicted octanol–water partition coefficient (Wildman–Crippen LogP) is 4.41. The molecule has 1 aliphatic rings. The van der Waals surface area contributed by atoms with Gasteiger partial charge in [-0.25, -0.2) is 8.78 Å². The zero-order chi connectivity index (χ0) is 22.3. The monoisotopic (exact) mass is 414 g/mol. The van der Waals surface area contributed by atoms with Crippen LogP contribution in [-0.4, -0.2) is 95.6 Å². The molecule has 0 amide bonds. The van der Waals surface area contributed by atoms with E-state index in [0.29, 0.717) is 6.61 Å². The second-order valence-electron chi connectivity index (χ2n) is 5.72. The summed E-state index contributed by atoms with van der Waals surface area (Å²) in [6.45, 7) is 18.3. The maximum absolute atomic E-state index is 13.1. The lowest BCUT2D eigenvalue weighted by Gasteiger charge is -2.34. The second-order valence-corrected chi connectivity index (χ2v) is 5.72. The predicted molar refractivity (Wildman–Crippen MR) is 116 cm³/mol.